The highest BCUT2D eigenvalue weighted by Crippen LogP contribution is 2.29. The van der Waals surface area contributed by atoms with E-state index in [9.17, 15) is 14.0 Å². The lowest BCUT2D eigenvalue weighted by Crippen LogP contribution is -2.39. The molecule has 0 aliphatic carbocycles. The fourth-order valence-electron chi connectivity index (χ4n) is 2.64. The number of para-hydroxylation sites is 1. The van der Waals surface area contributed by atoms with Gasteiger partial charge in [0.15, 0.2) is 11.4 Å². The number of carboxylic acids is 1. The van der Waals surface area contributed by atoms with Gasteiger partial charge in [0.2, 0.25) is 5.67 Å². The molecule has 1 aliphatic heterocycles. The van der Waals surface area contributed by atoms with Gasteiger partial charge in [-0.15, -0.1) is 0 Å². The first-order valence-electron chi connectivity index (χ1n) is 7.35. The van der Waals surface area contributed by atoms with E-state index in [0.717, 1.165) is 10.6 Å². The molecule has 7 nitrogen and oxygen atoms in total. The maximum absolute atomic E-state index is 14.2. The van der Waals surface area contributed by atoms with Crippen LogP contribution >= 0.6 is 0 Å². The molecule has 3 rings (SSSR count). The second kappa shape index (κ2) is 5.95. The summed E-state index contributed by atoms with van der Waals surface area (Å²) >= 11 is 0. The number of ether oxygens (including phenoxy) is 1. The topological polar surface area (TPSA) is 84.7 Å². The molecular formula is C16H16FN3O4. The maximum atomic E-state index is 14.2. The van der Waals surface area contributed by atoms with Gasteiger partial charge in [-0.25, -0.2) is 13.9 Å². The summed E-state index contributed by atoms with van der Waals surface area (Å²) in [6, 6.07) is 9.14. The predicted molar refractivity (Wildman–Crippen MR) is 82.1 cm³/mol. The van der Waals surface area contributed by atoms with Crippen LogP contribution in [-0.2, 0) is 4.79 Å². The number of halogens is 1. The number of carboxylic acid groups (broad SMARTS) is 1. The van der Waals surface area contributed by atoms with E-state index in [0.29, 0.717) is 0 Å². The van der Waals surface area contributed by atoms with Crippen molar-refractivity contribution in [2.45, 2.75) is 12.1 Å². The molecule has 2 aromatic rings. The summed E-state index contributed by atoms with van der Waals surface area (Å²) in [5, 5.41) is 13.2. The summed E-state index contributed by atoms with van der Waals surface area (Å²) < 4.78 is 20.8. The summed E-state index contributed by atoms with van der Waals surface area (Å²) in [7, 11) is 1.41. The van der Waals surface area contributed by atoms with Crippen molar-refractivity contribution in [3.8, 4) is 11.4 Å². The smallest absolute Gasteiger partial charge is 0.343 e. The Morgan fingerprint density at radius 3 is 2.62 bits per heavy atom. The SMILES string of the molecule is COc1cn(-c2ccccc2)nc1C(=O)N1CCC(F)(C(=O)O)C1. The van der Waals surface area contributed by atoms with Crippen LogP contribution in [0.15, 0.2) is 36.5 Å². The third kappa shape index (κ3) is 2.70. The maximum Gasteiger partial charge on any atom is 0.343 e. The van der Waals surface area contributed by atoms with E-state index in [-0.39, 0.29) is 24.4 Å². The molecular weight excluding hydrogens is 317 g/mol. The second-order valence-corrected chi connectivity index (χ2v) is 5.57. The van der Waals surface area contributed by atoms with E-state index >= 15 is 0 Å². The van der Waals surface area contributed by atoms with E-state index in [1.165, 1.54) is 11.8 Å². The van der Waals surface area contributed by atoms with Gasteiger partial charge in [0, 0.05) is 13.0 Å². The lowest BCUT2D eigenvalue weighted by Gasteiger charge is -2.17. The van der Waals surface area contributed by atoms with Crippen molar-refractivity contribution in [3.05, 3.63) is 42.2 Å². The minimum Gasteiger partial charge on any atom is -0.493 e. The number of methoxy groups -OCH3 is 1. The van der Waals surface area contributed by atoms with Crippen molar-refractivity contribution in [2.75, 3.05) is 20.2 Å². The van der Waals surface area contributed by atoms with Gasteiger partial charge in [-0.1, -0.05) is 18.2 Å². The monoisotopic (exact) mass is 333 g/mol. The summed E-state index contributed by atoms with van der Waals surface area (Å²) in [5.74, 6) is -1.86. The number of amides is 1. The third-order valence-electron chi connectivity index (χ3n) is 4.01. The number of hydrogen-bond acceptors (Lipinski definition) is 4. The average molecular weight is 333 g/mol. The molecule has 24 heavy (non-hydrogen) atoms. The van der Waals surface area contributed by atoms with Gasteiger partial charge in [0.25, 0.3) is 5.91 Å². The Morgan fingerprint density at radius 1 is 1.33 bits per heavy atom. The van der Waals surface area contributed by atoms with Gasteiger partial charge in [0.1, 0.15) is 0 Å². The first-order valence-corrected chi connectivity index (χ1v) is 7.35. The second-order valence-electron chi connectivity index (χ2n) is 5.57. The number of rotatable bonds is 4. The number of hydrogen-bond donors (Lipinski definition) is 1. The van der Waals surface area contributed by atoms with Gasteiger partial charge in [0.05, 0.1) is 25.5 Å². The highest BCUT2D eigenvalue weighted by atomic mass is 19.1. The van der Waals surface area contributed by atoms with Crippen molar-refractivity contribution >= 4 is 11.9 Å². The number of benzene rings is 1. The van der Waals surface area contributed by atoms with Gasteiger partial charge in [-0.2, -0.15) is 5.10 Å². The van der Waals surface area contributed by atoms with E-state index in [2.05, 4.69) is 5.10 Å². The van der Waals surface area contributed by atoms with Crippen LogP contribution < -0.4 is 4.74 Å². The molecule has 0 bridgehead atoms. The van der Waals surface area contributed by atoms with Crippen LogP contribution in [0.1, 0.15) is 16.9 Å². The van der Waals surface area contributed by atoms with Crippen LogP contribution in [-0.4, -0.2) is 57.5 Å². The average Bonchev–Trinajstić information content (AvgIpc) is 3.20. The molecule has 0 radical (unpaired) electrons. The summed E-state index contributed by atoms with van der Waals surface area (Å²) in [4.78, 5) is 24.7. The van der Waals surface area contributed by atoms with Crippen molar-refractivity contribution in [3.63, 3.8) is 0 Å². The summed E-state index contributed by atoms with van der Waals surface area (Å²) in [5.41, 5.74) is -1.65. The molecule has 8 heteroatoms. The fraction of sp³-hybridized carbons (Fsp3) is 0.312. The van der Waals surface area contributed by atoms with Crippen molar-refractivity contribution < 1.29 is 23.8 Å². The molecule has 0 saturated carbocycles. The molecule has 2 heterocycles. The molecule has 1 atom stereocenters. The molecule has 1 unspecified atom stereocenters. The molecule has 1 amide bonds. The largest absolute Gasteiger partial charge is 0.493 e. The van der Waals surface area contributed by atoms with Gasteiger partial charge in [-0.3, -0.25) is 4.79 Å². The van der Waals surface area contributed by atoms with Crippen molar-refractivity contribution in [1.29, 1.82) is 0 Å². The summed E-state index contributed by atoms with van der Waals surface area (Å²) in [6.07, 6.45) is 1.31. The van der Waals surface area contributed by atoms with Crippen molar-refractivity contribution in [2.24, 2.45) is 0 Å². The molecule has 1 aliphatic rings. The number of carbonyl (C=O) groups is 2. The zero-order chi connectivity index (χ0) is 17.3. The van der Waals surface area contributed by atoms with Crippen LogP contribution in [0, 0.1) is 0 Å². The van der Waals surface area contributed by atoms with Gasteiger partial charge in [-0.05, 0) is 12.1 Å². The zero-order valence-electron chi connectivity index (χ0n) is 13.0. The minimum atomic E-state index is -2.41. The first kappa shape index (κ1) is 16.0. The Labute approximate surface area is 137 Å². The number of alkyl halides is 1. The molecule has 1 N–H and O–H groups in total. The van der Waals surface area contributed by atoms with E-state index in [1.807, 2.05) is 30.3 Å². The minimum absolute atomic E-state index is 0.0168. The summed E-state index contributed by atoms with van der Waals surface area (Å²) in [6.45, 7) is -0.481. The van der Waals surface area contributed by atoms with E-state index < -0.39 is 24.1 Å². The highest BCUT2D eigenvalue weighted by molar-refractivity contribution is 5.96. The van der Waals surface area contributed by atoms with Crippen LogP contribution in [0.2, 0.25) is 0 Å². The van der Waals surface area contributed by atoms with E-state index in [4.69, 9.17) is 9.84 Å². The number of nitrogens with zero attached hydrogens (tertiary/aromatic N) is 3. The van der Waals surface area contributed by atoms with Crippen molar-refractivity contribution in [1.82, 2.24) is 14.7 Å². The van der Waals surface area contributed by atoms with Crippen LogP contribution in [0.25, 0.3) is 5.69 Å². The molecule has 0 spiro atoms. The predicted octanol–water partition coefficient (Wildman–Crippen LogP) is 1.52. The highest BCUT2D eigenvalue weighted by Gasteiger charge is 2.47. The fourth-order valence-corrected chi connectivity index (χ4v) is 2.64. The zero-order valence-corrected chi connectivity index (χ0v) is 13.0. The number of likely N-dealkylation sites (tertiary alicyclic amines) is 1. The lowest BCUT2D eigenvalue weighted by molar-refractivity contribution is -0.149. The Balaban J connectivity index is 1.88. The molecule has 1 aromatic carbocycles. The number of carbonyl (C=O) groups excluding carboxylic acids is 1. The Bertz CT molecular complexity index is 777. The van der Waals surface area contributed by atoms with Crippen LogP contribution in [0.4, 0.5) is 4.39 Å². The van der Waals surface area contributed by atoms with Crippen LogP contribution in [0.3, 0.4) is 0 Å². The Morgan fingerprint density at radius 2 is 2.04 bits per heavy atom. The Kier molecular flexibility index (Phi) is 3.96. The van der Waals surface area contributed by atoms with Gasteiger partial charge < -0.3 is 14.7 Å². The quantitative estimate of drug-likeness (QED) is 0.917. The molecule has 1 saturated heterocycles. The first-order chi connectivity index (χ1) is 11.4. The Hall–Kier alpha value is -2.90. The number of aliphatic carboxylic acids is 1. The third-order valence-corrected chi connectivity index (χ3v) is 4.01. The molecule has 1 aromatic heterocycles. The lowest BCUT2D eigenvalue weighted by atomic mass is 10.1. The van der Waals surface area contributed by atoms with E-state index in [1.54, 1.807) is 6.20 Å². The molecule has 126 valence electrons. The normalized spacial score (nSPS) is 20.2. The van der Waals surface area contributed by atoms with Crippen LogP contribution in [0.5, 0.6) is 5.75 Å². The standard InChI is InChI=1S/C16H16FN3O4/c1-24-12-9-20(11-5-3-2-4-6-11)18-13(12)14(21)19-8-7-16(17,10-19)15(22)23/h2-6,9H,7-8,10H2,1H3,(H,22,23). The van der Waals surface area contributed by atoms with Gasteiger partial charge >= 0.3 is 5.97 Å². The number of aromatic nitrogens is 2. The molecule has 1 fully saturated rings.